The van der Waals surface area contributed by atoms with Crippen LogP contribution in [-0.4, -0.2) is 10.2 Å². The summed E-state index contributed by atoms with van der Waals surface area (Å²) in [5, 5.41) is 8.78. The Morgan fingerprint density at radius 2 is 1.62 bits per heavy atom. The van der Waals surface area contributed by atoms with Crippen molar-refractivity contribution in [2.45, 2.75) is 64.7 Å². The van der Waals surface area contributed by atoms with Crippen LogP contribution in [0.2, 0.25) is 0 Å². The fraction of sp³-hybridized carbons (Fsp3) is 0.714. The second kappa shape index (κ2) is 5.42. The van der Waals surface area contributed by atoms with E-state index in [0.717, 1.165) is 12.1 Å². The maximum Gasteiger partial charge on any atom is 0.0663 e. The molecule has 2 rings (SSSR count). The van der Waals surface area contributed by atoms with Gasteiger partial charge >= 0.3 is 0 Å². The lowest BCUT2D eigenvalue weighted by Gasteiger charge is -2.10. The Bertz CT molecular complexity index is 345. The van der Waals surface area contributed by atoms with Gasteiger partial charge in [0.2, 0.25) is 0 Å². The smallest absolute Gasteiger partial charge is 0.0663 e. The third kappa shape index (κ3) is 2.81. The van der Waals surface area contributed by atoms with Crippen LogP contribution in [0.5, 0.6) is 0 Å². The van der Waals surface area contributed by atoms with Crippen LogP contribution in [0.25, 0.3) is 0 Å². The van der Waals surface area contributed by atoms with E-state index < -0.39 is 0 Å². The largest absolute Gasteiger partial charge is 0.155 e. The lowest BCUT2D eigenvalue weighted by atomic mass is 10.0. The summed E-state index contributed by atoms with van der Waals surface area (Å²) >= 11 is 0. The van der Waals surface area contributed by atoms with E-state index in [1.807, 2.05) is 0 Å². The van der Waals surface area contributed by atoms with Crippen LogP contribution in [0.4, 0.5) is 0 Å². The van der Waals surface area contributed by atoms with Crippen LogP contribution >= 0.6 is 0 Å². The summed E-state index contributed by atoms with van der Waals surface area (Å²) in [6, 6.07) is 2.29. The molecule has 1 aliphatic rings. The normalized spacial score (nSPS) is 17.4. The summed E-state index contributed by atoms with van der Waals surface area (Å²) in [5.74, 6) is 0.491. The monoisotopic (exact) mass is 218 g/mol. The first-order valence-corrected chi connectivity index (χ1v) is 6.63. The summed E-state index contributed by atoms with van der Waals surface area (Å²) < 4.78 is 0. The van der Waals surface area contributed by atoms with Gasteiger partial charge in [-0.3, -0.25) is 0 Å². The zero-order chi connectivity index (χ0) is 11.4. The third-order valence-corrected chi connectivity index (χ3v) is 3.43. The van der Waals surface area contributed by atoms with E-state index in [9.17, 15) is 0 Å². The SMILES string of the molecule is CC(C)c1cc2c(nn1)CCCCCCC2. The molecule has 16 heavy (non-hydrogen) atoms. The number of hydrogen-bond donors (Lipinski definition) is 0. The molecule has 0 atom stereocenters. The van der Waals surface area contributed by atoms with Gasteiger partial charge in [-0.1, -0.05) is 33.1 Å². The first-order valence-electron chi connectivity index (χ1n) is 6.63. The molecule has 88 valence electrons. The van der Waals surface area contributed by atoms with Crippen molar-refractivity contribution in [1.29, 1.82) is 0 Å². The van der Waals surface area contributed by atoms with Crippen molar-refractivity contribution in [3.63, 3.8) is 0 Å². The average molecular weight is 218 g/mol. The van der Waals surface area contributed by atoms with Crippen LogP contribution in [0.15, 0.2) is 6.07 Å². The minimum Gasteiger partial charge on any atom is -0.155 e. The molecule has 1 heterocycles. The number of nitrogens with zero attached hydrogens (tertiary/aromatic N) is 2. The first-order chi connectivity index (χ1) is 7.77. The van der Waals surface area contributed by atoms with Gasteiger partial charge in [-0.05, 0) is 43.2 Å². The summed E-state index contributed by atoms with van der Waals surface area (Å²) in [6.07, 6.45) is 9.04. The van der Waals surface area contributed by atoms with E-state index in [4.69, 9.17) is 0 Å². The summed E-state index contributed by atoms with van der Waals surface area (Å²) in [5.41, 5.74) is 3.87. The minimum absolute atomic E-state index is 0.491. The first kappa shape index (κ1) is 11.6. The van der Waals surface area contributed by atoms with Crippen LogP contribution in [-0.2, 0) is 12.8 Å². The zero-order valence-electron chi connectivity index (χ0n) is 10.5. The molecule has 0 fully saturated rings. The van der Waals surface area contributed by atoms with Gasteiger partial charge in [0.05, 0.1) is 11.4 Å². The van der Waals surface area contributed by atoms with E-state index in [0.29, 0.717) is 5.92 Å². The second-order valence-electron chi connectivity index (χ2n) is 5.16. The lowest BCUT2D eigenvalue weighted by molar-refractivity contribution is 0.627. The molecular weight excluding hydrogens is 196 g/mol. The van der Waals surface area contributed by atoms with Crippen molar-refractivity contribution >= 4 is 0 Å². The van der Waals surface area contributed by atoms with Gasteiger partial charge in [-0.25, -0.2) is 0 Å². The van der Waals surface area contributed by atoms with Crippen LogP contribution in [0.1, 0.15) is 68.8 Å². The van der Waals surface area contributed by atoms with Gasteiger partial charge in [-0.15, -0.1) is 0 Å². The fourth-order valence-electron chi connectivity index (χ4n) is 2.32. The predicted molar refractivity (Wildman–Crippen MR) is 66.6 cm³/mol. The van der Waals surface area contributed by atoms with Gasteiger partial charge in [0.25, 0.3) is 0 Å². The molecule has 1 aromatic heterocycles. The number of aromatic nitrogens is 2. The van der Waals surface area contributed by atoms with Gasteiger partial charge in [0, 0.05) is 0 Å². The molecule has 0 aliphatic heterocycles. The quantitative estimate of drug-likeness (QED) is 0.719. The van der Waals surface area contributed by atoms with Crippen LogP contribution < -0.4 is 0 Å². The molecule has 0 aromatic carbocycles. The Hall–Kier alpha value is -0.920. The van der Waals surface area contributed by atoms with Crippen molar-refractivity contribution in [3.8, 4) is 0 Å². The minimum atomic E-state index is 0.491. The lowest BCUT2D eigenvalue weighted by Crippen LogP contribution is -2.04. The van der Waals surface area contributed by atoms with Gasteiger partial charge in [0.15, 0.2) is 0 Å². The molecule has 0 unspecified atom stereocenters. The zero-order valence-corrected chi connectivity index (χ0v) is 10.5. The van der Waals surface area contributed by atoms with Crippen LogP contribution in [0.3, 0.4) is 0 Å². The molecule has 0 radical (unpaired) electrons. The molecule has 2 nitrogen and oxygen atoms in total. The Morgan fingerprint density at radius 3 is 2.38 bits per heavy atom. The van der Waals surface area contributed by atoms with Gasteiger partial charge in [0.1, 0.15) is 0 Å². The Morgan fingerprint density at radius 1 is 0.938 bits per heavy atom. The predicted octanol–water partition coefficient (Wildman–Crippen LogP) is 3.65. The molecular formula is C14H22N2. The molecule has 0 N–H and O–H groups in total. The molecule has 0 bridgehead atoms. The van der Waals surface area contributed by atoms with Crippen molar-refractivity contribution in [1.82, 2.24) is 10.2 Å². The van der Waals surface area contributed by atoms with Crippen molar-refractivity contribution in [2.75, 3.05) is 0 Å². The van der Waals surface area contributed by atoms with Crippen molar-refractivity contribution in [3.05, 3.63) is 23.0 Å². The molecule has 0 saturated carbocycles. The highest BCUT2D eigenvalue weighted by Crippen LogP contribution is 2.20. The number of hydrogen-bond acceptors (Lipinski definition) is 2. The Kier molecular flexibility index (Phi) is 3.92. The molecule has 0 spiro atoms. The maximum absolute atomic E-state index is 4.43. The molecule has 0 saturated heterocycles. The van der Waals surface area contributed by atoms with Gasteiger partial charge < -0.3 is 0 Å². The van der Waals surface area contributed by atoms with Crippen molar-refractivity contribution < 1.29 is 0 Å². The van der Waals surface area contributed by atoms with E-state index in [1.165, 1.54) is 49.8 Å². The molecule has 1 aliphatic carbocycles. The van der Waals surface area contributed by atoms with Crippen molar-refractivity contribution in [2.24, 2.45) is 0 Å². The molecule has 0 amide bonds. The fourth-order valence-corrected chi connectivity index (χ4v) is 2.32. The van der Waals surface area contributed by atoms with Gasteiger partial charge in [-0.2, -0.15) is 10.2 Å². The summed E-state index contributed by atoms with van der Waals surface area (Å²) in [7, 11) is 0. The van der Waals surface area contributed by atoms with E-state index in [1.54, 1.807) is 0 Å². The summed E-state index contributed by atoms with van der Waals surface area (Å²) in [4.78, 5) is 0. The highest BCUT2D eigenvalue weighted by Gasteiger charge is 2.10. The standard InChI is InChI=1S/C14H22N2/c1-11(2)14-10-12-8-6-4-3-5-7-9-13(12)15-16-14/h10-11H,3-9H2,1-2H3. The van der Waals surface area contributed by atoms with E-state index >= 15 is 0 Å². The summed E-state index contributed by atoms with van der Waals surface area (Å²) in [6.45, 7) is 4.37. The van der Waals surface area contributed by atoms with E-state index in [2.05, 4.69) is 30.1 Å². The third-order valence-electron chi connectivity index (χ3n) is 3.43. The highest BCUT2D eigenvalue weighted by atomic mass is 15.1. The number of fused-ring (bicyclic) bond motifs is 1. The average Bonchev–Trinajstić information content (AvgIpc) is 2.39. The molecule has 2 heteroatoms. The topological polar surface area (TPSA) is 25.8 Å². The highest BCUT2D eigenvalue weighted by molar-refractivity contribution is 5.23. The second-order valence-corrected chi connectivity index (χ2v) is 5.16. The Balaban J connectivity index is 2.24. The number of aryl methyl sites for hydroxylation is 2. The van der Waals surface area contributed by atoms with E-state index in [-0.39, 0.29) is 0 Å². The number of rotatable bonds is 1. The van der Waals surface area contributed by atoms with Crippen LogP contribution in [0, 0.1) is 0 Å². The Labute approximate surface area is 98.5 Å². The maximum atomic E-state index is 4.43. The molecule has 1 aromatic rings.